The van der Waals surface area contributed by atoms with E-state index in [-0.39, 0.29) is 59.3 Å². The number of carbonyl (C=O) groups excluding carboxylic acids is 4. The van der Waals surface area contributed by atoms with E-state index in [0.717, 1.165) is 12.8 Å². The zero-order valence-electron chi connectivity index (χ0n) is 23.1. The number of hydrogen-bond acceptors (Lipinski definition) is 4. The van der Waals surface area contributed by atoms with Crippen molar-refractivity contribution in [2.24, 2.45) is 5.41 Å². The highest BCUT2D eigenvalue weighted by atomic mass is 35.5. The summed E-state index contributed by atoms with van der Waals surface area (Å²) in [4.78, 5) is 52.5. The Morgan fingerprint density at radius 1 is 1.10 bits per heavy atom. The number of Topliss-reactive ketones (excluding diaryl/α,β-unsaturated/α-hetero) is 1. The number of hydrogen-bond donors (Lipinski definition) is 2. The number of anilines is 1. The molecule has 3 aromatic rings. The number of amides is 3. The number of fused-ring (bicyclic) bond motifs is 1. The van der Waals surface area contributed by atoms with E-state index in [1.54, 1.807) is 35.0 Å². The predicted molar refractivity (Wildman–Crippen MR) is 153 cm³/mol. The highest BCUT2D eigenvalue weighted by molar-refractivity contribution is 6.30. The average Bonchev–Trinajstić information content (AvgIpc) is 3.64. The van der Waals surface area contributed by atoms with Gasteiger partial charge >= 0.3 is 0 Å². The maximum absolute atomic E-state index is 14.2. The number of nitrogens with zero attached hydrogens (tertiary/aromatic N) is 2. The zero-order chi connectivity index (χ0) is 29.2. The lowest BCUT2D eigenvalue weighted by Crippen LogP contribution is -2.43. The Kier molecular flexibility index (Phi) is 8.63. The van der Waals surface area contributed by atoms with Crippen LogP contribution in [0.3, 0.4) is 0 Å². The first-order valence-corrected chi connectivity index (χ1v) is 13.6. The molecule has 0 radical (unpaired) electrons. The quantitative estimate of drug-likeness (QED) is 0.323. The molecule has 1 aliphatic rings. The first-order valence-electron chi connectivity index (χ1n) is 13.2. The van der Waals surface area contributed by atoms with E-state index in [0.29, 0.717) is 28.6 Å². The molecule has 212 valence electrons. The molecule has 4 rings (SSSR count). The fraction of sp³-hybridized carbons (Fsp3) is 0.400. The average molecular weight is 569 g/mol. The van der Waals surface area contributed by atoms with Gasteiger partial charge in [0.15, 0.2) is 5.78 Å². The second kappa shape index (κ2) is 11.8. The Morgan fingerprint density at radius 3 is 2.48 bits per heavy atom. The lowest BCUT2D eigenvalue weighted by Gasteiger charge is -2.22. The highest BCUT2D eigenvalue weighted by Gasteiger charge is 2.34. The summed E-state index contributed by atoms with van der Waals surface area (Å²) in [5.74, 6) is -1.54. The molecule has 1 aromatic heterocycles. The van der Waals surface area contributed by atoms with Crippen LogP contribution in [-0.2, 0) is 27.5 Å². The third-order valence-corrected chi connectivity index (χ3v) is 6.96. The highest BCUT2D eigenvalue weighted by Crippen LogP contribution is 2.29. The van der Waals surface area contributed by atoms with Crippen molar-refractivity contribution in [1.29, 1.82) is 0 Å². The predicted octanol–water partition coefficient (Wildman–Crippen LogP) is 5.32. The monoisotopic (exact) mass is 568 g/mol. The van der Waals surface area contributed by atoms with Gasteiger partial charge in [0, 0.05) is 52.9 Å². The van der Waals surface area contributed by atoms with E-state index in [2.05, 4.69) is 10.6 Å². The zero-order valence-corrected chi connectivity index (χ0v) is 23.9. The molecule has 1 fully saturated rings. The van der Waals surface area contributed by atoms with Crippen LogP contribution in [-0.4, -0.2) is 45.6 Å². The summed E-state index contributed by atoms with van der Waals surface area (Å²) in [5, 5.41) is 6.17. The molecule has 0 aliphatic heterocycles. The number of rotatable bonds is 10. The lowest BCUT2D eigenvalue weighted by atomic mass is 9.92. The molecule has 3 amide bonds. The van der Waals surface area contributed by atoms with Crippen LogP contribution >= 0.6 is 11.6 Å². The van der Waals surface area contributed by atoms with Crippen molar-refractivity contribution >= 4 is 51.7 Å². The Hall–Kier alpha value is -3.72. The number of aromatic nitrogens is 1. The summed E-state index contributed by atoms with van der Waals surface area (Å²) in [6, 6.07) is 9.80. The van der Waals surface area contributed by atoms with Crippen LogP contribution in [0, 0.1) is 11.2 Å². The van der Waals surface area contributed by atoms with Crippen LogP contribution in [0.4, 0.5) is 10.1 Å². The van der Waals surface area contributed by atoms with E-state index >= 15 is 0 Å². The summed E-state index contributed by atoms with van der Waals surface area (Å²) in [6.07, 6.45) is 3.58. The Bertz CT molecular complexity index is 1470. The van der Waals surface area contributed by atoms with Crippen molar-refractivity contribution in [2.75, 3.05) is 11.9 Å². The first-order chi connectivity index (χ1) is 18.8. The molecule has 8 nitrogen and oxygen atoms in total. The van der Waals surface area contributed by atoms with Gasteiger partial charge in [0.2, 0.25) is 17.7 Å². The van der Waals surface area contributed by atoms with Crippen LogP contribution in [0.15, 0.2) is 42.6 Å². The summed E-state index contributed by atoms with van der Waals surface area (Å²) < 4.78 is 15.9. The van der Waals surface area contributed by atoms with Crippen LogP contribution in [0.2, 0.25) is 5.02 Å². The van der Waals surface area contributed by atoms with E-state index in [4.69, 9.17) is 11.6 Å². The molecule has 40 heavy (non-hydrogen) atoms. The molecule has 0 spiro atoms. The van der Waals surface area contributed by atoms with Crippen molar-refractivity contribution < 1.29 is 23.6 Å². The molecular formula is C30H34ClFN4O4. The van der Waals surface area contributed by atoms with Gasteiger partial charge in [-0.25, -0.2) is 4.39 Å². The molecule has 10 heteroatoms. The minimum Gasteiger partial charge on any atom is -0.350 e. The van der Waals surface area contributed by atoms with Crippen molar-refractivity contribution in [2.45, 2.75) is 66.1 Å². The van der Waals surface area contributed by atoms with E-state index in [9.17, 15) is 23.6 Å². The molecular weight excluding hydrogens is 535 g/mol. The van der Waals surface area contributed by atoms with Crippen LogP contribution < -0.4 is 10.6 Å². The molecule has 1 aliphatic carbocycles. The molecule has 2 N–H and O–H groups in total. The van der Waals surface area contributed by atoms with Gasteiger partial charge in [-0.05, 0) is 49.4 Å². The molecule has 0 atom stereocenters. The van der Waals surface area contributed by atoms with Gasteiger partial charge in [-0.2, -0.15) is 0 Å². The Morgan fingerprint density at radius 2 is 1.82 bits per heavy atom. The SMILES string of the molecule is CC(=O)c1cn(CC(=O)N(CC(=O)NCc2cccc(Cl)c2F)C2CC2)c2ccc(NC(=O)CC(C)(C)C)cc12. The van der Waals surface area contributed by atoms with Gasteiger partial charge in [0.05, 0.1) is 11.6 Å². The van der Waals surface area contributed by atoms with E-state index < -0.39 is 11.7 Å². The molecule has 0 bridgehead atoms. The third-order valence-electron chi connectivity index (χ3n) is 6.67. The van der Waals surface area contributed by atoms with Crippen molar-refractivity contribution in [1.82, 2.24) is 14.8 Å². The van der Waals surface area contributed by atoms with Gasteiger partial charge < -0.3 is 20.1 Å². The Labute approximate surface area is 237 Å². The largest absolute Gasteiger partial charge is 0.350 e. The third kappa shape index (κ3) is 7.27. The van der Waals surface area contributed by atoms with E-state index in [1.807, 2.05) is 20.8 Å². The van der Waals surface area contributed by atoms with Crippen molar-refractivity contribution in [3.63, 3.8) is 0 Å². The van der Waals surface area contributed by atoms with Gasteiger partial charge in [-0.15, -0.1) is 0 Å². The maximum atomic E-state index is 14.2. The topological polar surface area (TPSA) is 101 Å². The minimum absolute atomic E-state index is 0.0233. The van der Waals surface area contributed by atoms with Crippen LogP contribution in [0.5, 0.6) is 0 Å². The van der Waals surface area contributed by atoms with Gasteiger partial charge in [-0.1, -0.05) is 44.5 Å². The van der Waals surface area contributed by atoms with Gasteiger partial charge in [-0.3, -0.25) is 19.2 Å². The first kappa shape index (κ1) is 29.3. The molecule has 0 saturated heterocycles. The van der Waals surface area contributed by atoms with Crippen LogP contribution in [0.25, 0.3) is 10.9 Å². The molecule has 2 aromatic carbocycles. The maximum Gasteiger partial charge on any atom is 0.243 e. The van der Waals surface area contributed by atoms with Crippen molar-refractivity contribution in [3.8, 4) is 0 Å². The molecule has 0 unspecified atom stereocenters. The second-order valence-corrected chi connectivity index (χ2v) is 11.9. The number of halogens is 2. The fourth-order valence-electron chi connectivity index (χ4n) is 4.61. The lowest BCUT2D eigenvalue weighted by molar-refractivity contribution is -0.137. The van der Waals surface area contributed by atoms with Gasteiger partial charge in [0.25, 0.3) is 0 Å². The summed E-state index contributed by atoms with van der Waals surface area (Å²) in [6.45, 7) is 7.13. The van der Waals surface area contributed by atoms with Gasteiger partial charge in [0.1, 0.15) is 12.4 Å². The summed E-state index contributed by atoms with van der Waals surface area (Å²) in [5.41, 5.74) is 1.77. The second-order valence-electron chi connectivity index (χ2n) is 11.5. The number of carbonyl (C=O) groups is 4. The number of nitrogens with one attached hydrogen (secondary N) is 2. The summed E-state index contributed by atoms with van der Waals surface area (Å²) in [7, 11) is 0. The van der Waals surface area contributed by atoms with Crippen molar-refractivity contribution in [3.05, 3.63) is 64.6 Å². The van der Waals surface area contributed by atoms with E-state index in [1.165, 1.54) is 24.0 Å². The standard InChI is InChI=1S/C30H34ClFN4O4/c1-18(37)23-15-35(25-11-8-20(12-22(23)25)34-26(38)13-30(2,3)4)17-28(40)36(21-9-10-21)16-27(39)33-14-19-6-5-7-24(31)29(19)32/h5-8,11-12,15,21H,9-10,13-14,16-17H2,1-4H3,(H,33,39)(H,34,38). The fourth-order valence-corrected chi connectivity index (χ4v) is 4.80. The summed E-state index contributed by atoms with van der Waals surface area (Å²) >= 11 is 5.82. The molecule has 1 heterocycles. The number of benzene rings is 2. The minimum atomic E-state index is -0.586. The smallest absolute Gasteiger partial charge is 0.243 e. The Balaban J connectivity index is 1.48. The van der Waals surface area contributed by atoms with Crippen LogP contribution in [0.1, 0.15) is 62.9 Å². The number of ketones is 1. The normalized spacial score (nSPS) is 13.2. The molecule has 1 saturated carbocycles.